The van der Waals surface area contributed by atoms with Crippen molar-refractivity contribution >= 4 is 5.91 Å². The van der Waals surface area contributed by atoms with E-state index in [1.807, 2.05) is 11.9 Å². The van der Waals surface area contributed by atoms with Gasteiger partial charge in [-0.3, -0.25) is 4.79 Å². The molecule has 0 saturated heterocycles. The highest BCUT2D eigenvalue weighted by Gasteiger charge is 2.77. The quantitative estimate of drug-likeness (QED) is 0.542. The van der Waals surface area contributed by atoms with Crippen LogP contribution >= 0.6 is 0 Å². The van der Waals surface area contributed by atoms with Crippen LogP contribution in [0.3, 0.4) is 0 Å². The zero-order valence-corrected chi connectivity index (χ0v) is 18.2. The van der Waals surface area contributed by atoms with Crippen LogP contribution in [0.5, 0.6) is 0 Å². The molecule has 0 aliphatic heterocycles. The van der Waals surface area contributed by atoms with Crippen molar-refractivity contribution in [2.45, 2.75) is 84.0 Å². The zero-order valence-electron chi connectivity index (χ0n) is 18.2. The van der Waals surface area contributed by atoms with Gasteiger partial charge in [0.05, 0.1) is 23.7 Å². The van der Waals surface area contributed by atoms with Gasteiger partial charge in [0, 0.05) is 33.4 Å². The normalized spacial score (nSPS) is 37.2. The van der Waals surface area contributed by atoms with Gasteiger partial charge in [-0.05, 0) is 70.6 Å². The summed E-state index contributed by atoms with van der Waals surface area (Å²) in [6, 6.07) is 0.367. The second kappa shape index (κ2) is 7.64. The molecule has 156 valence electrons. The number of unbranched alkanes of at least 4 members (excludes halogenated alkanes) is 1. The van der Waals surface area contributed by atoms with Crippen molar-refractivity contribution in [1.29, 1.82) is 0 Å². The summed E-state index contributed by atoms with van der Waals surface area (Å²) in [5.41, 5.74) is 0.101. The molecular weight excluding hydrogens is 342 g/mol. The SMILES string of the molecule is COC1CC(N(C)C(=O)C23CC(COCCCCOC(C)(C)C)(C2)[C@H]3C)C1. The van der Waals surface area contributed by atoms with Crippen molar-refractivity contribution in [2.75, 3.05) is 34.0 Å². The minimum Gasteiger partial charge on any atom is -0.381 e. The molecule has 0 N–H and O–H groups in total. The molecule has 4 aliphatic rings. The molecule has 4 aliphatic carbocycles. The van der Waals surface area contributed by atoms with Crippen LogP contribution in [0.2, 0.25) is 0 Å². The molecule has 1 atom stereocenters. The zero-order chi connectivity index (χ0) is 19.9. The maximum atomic E-state index is 13.0. The first-order valence-electron chi connectivity index (χ1n) is 10.7. The molecule has 0 aromatic rings. The molecule has 0 unspecified atom stereocenters. The average Bonchev–Trinajstić information content (AvgIpc) is 2.53. The topological polar surface area (TPSA) is 48.0 Å². The third-order valence-corrected chi connectivity index (χ3v) is 7.39. The maximum absolute atomic E-state index is 13.0. The van der Waals surface area contributed by atoms with Gasteiger partial charge in [-0.25, -0.2) is 0 Å². The molecule has 4 rings (SSSR count). The van der Waals surface area contributed by atoms with Gasteiger partial charge in [-0.2, -0.15) is 0 Å². The molecule has 5 nitrogen and oxygen atoms in total. The van der Waals surface area contributed by atoms with Crippen molar-refractivity contribution in [1.82, 2.24) is 4.90 Å². The summed E-state index contributed by atoms with van der Waals surface area (Å²) < 4.78 is 17.1. The molecule has 5 heteroatoms. The third kappa shape index (κ3) is 3.92. The van der Waals surface area contributed by atoms with Crippen molar-refractivity contribution in [3.05, 3.63) is 0 Å². The van der Waals surface area contributed by atoms with Crippen LogP contribution in [0, 0.1) is 16.7 Å². The number of nitrogens with zero attached hydrogens (tertiary/aromatic N) is 1. The molecule has 1 amide bonds. The van der Waals surface area contributed by atoms with E-state index < -0.39 is 0 Å². The Labute approximate surface area is 165 Å². The molecule has 0 spiro atoms. The summed E-state index contributed by atoms with van der Waals surface area (Å²) in [6.07, 6.45) is 6.40. The Bertz CT molecular complexity index is 529. The first-order valence-corrected chi connectivity index (χ1v) is 10.7. The number of hydrogen-bond acceptors (Lipinski definition) is 4. The molecule has 0 radical (unpaired) electrons. The fraction of sp³-hybridized carbons (Fsp3) is 0.955. The Morgan fingerprint density at radius 2 is 1.78 bits per heavy atom. The molecule has 0 aromatic carbocycles. The van der Waals surface area contributed by atoms with Crippen LogP contribution in [0.15, 0.2) is 0 Å². The number of hydrogen-bond donors (Lipinski definition) is 0. The summed E-state index contributed by atoms with van der Waals surface area (Å²) in [7, 11) is 3.74. The number of carbonyl (C=O) groups excluding carboxylic acids is 1. The van der Waals surface area contributed by atoms with Crippen LogP contribution < -0.4 is 0 Å². The molecular formula is C22H39NO4. The fourth-order valence-electron chi connectivity index (χ4n) is 5.23. The first-order chi connectivity index (χ1) is 12.6. The lowest BCUT2D eigenvalue weighted by atomic mass is 9.29. The van der Waals surface area contributed by atoms with Crippen molar-refractivity contribution < 1.29 is 19.0 Å². The lowest BCUT2D eigenvalue weighted by molar-refractivity contribution is -0.282. The second-order valence-electron chi connectivity index (χ2n) is 10.2. The van der Waals surface area contributed by atoms with Crippen molar-refractivity contribution in [2.24, 2.45) is 16.7 Å². The first kappa shape index (κ1) is 21.1. The largest absolute Gasteiger partial charge is 0.381 e. The van der Waals surface area contributed by atoms with Gasteiger partial charge < -0.3 is 19.1 Å². The number of carbonyl (C=O) groups is 1. The number of rotatable bonds is 10. The summed E-state index contributed by atoms with van der Waals surface area (Å²) in [6.45, 7) is 10.9. The Hall–Kier alpha value is -0.650. The predicted octanol–water partition coefficient (Wildman–Crippen LogP) is 3.65. The smallest absolute Gasteiger partial charge is 0.229 e. The van der Waals surface area contributed by atoms with Crippen LogP contribution in [0.25, 0.3) is 0 Å². The van der Waals surface area contributed by atoms with Crippen molar-refractivity contribution in [3.8, 4) is 0 Å². The number of methoxy groups -OCH3 is 1. The van der Waals surface area contributed by atoms with E-state index in [2.05, 4.69) is 27.7 Å². The summed E-state index contributed by atoms with van der Waals surface area (Å²) in [4.78, 5) is 15.0. The van der Waals surface area contributed by atoms with Crippen molar-refractivity contribution in [3.63, 3.8) is 0 Å². The Balaban J connectivity index is 1.33. The highest BCUT2D eigenvalue weighted by atomic mass is 16.5. The lowest BCUT2D eigenvalue weighted by Crippen LogP contribution is -2.76. The van der Waals surface area contributed by atoms with Gasteiger partial charge in [0.1, 0.15) is 0 Å². The lowest BCUT2D eigenvalue weighted by Gasteiger charge is -2.75. The minimum atomic E-state index is -0.100. The van der Waals surface area contributed by atoms with Crippen LogP contribution in [-0.2, 0) is 19.0 Å². The minimum absolute atomic E-state index is 0.0555. The van der Waals surface area contributed by atoms with E-state index in [0.29, 0.717) is 24.0 Å². The van der Waals surface area contributed by atoms with Gasteiger partial charge >= 0.3 is 0 Å². The van der Waals surface area contributed by atoms with Gasteiger partial charge in [-0.15, -0.1) is 0 Å². The van der Waals surface area contributed by atoms with Gasteiger partial charge in [0.15, 0.2) is 0 Å². The highest BCUT2D eigenvalue weighted by Crippen LogP contribution is 2.77. The number of ether oxygens (including phenoxy) is 3. The molecule has 0 heterocycles. The van der Waals surface area contributed by atoms with Gasteiger partial charge in [0.25, 0.3) is 0 Å². The Morgan fingerprint density at radius 1 is 1.15 bits per heavy atom. The highest BCUT2D eigenvalue weighted by molar-refractivity contribution is 5.87. The van der Waals surface area contributed by atoms with E-state index in [-0.39, 0.29) is 16.4 Å². The molecule has 0 aromatic heterocycles. The maximum Gasteiger partial charge on any atom is 0.229 e. The van der Waals surface area contributed by atoms with E-state index in [9.17, 15) is 4.79 Å². The van der Waals surface area contributed by atoms with E-state index >= 15 is 0 Å². The van der Waals surface area contributed by atoms with Gasteiger partial charge in [-0.1, -0.05) is 6.92 Å². The predicted molar refractivity (Wildman–Crippen MR) is 106 cm³/mol. The standard InChI is InChI=1S/C22H39NO4/c1-16-21(15-26-9-7-8-10-27-20(2,3)4)13-22(16,14-21)19(24)23(5)17-11-18(12-17)25-6/h16-18H,7-15H2,1-6H3/t16-,17?,18?,21?,22?/m1/s1. The number of amides is 1. The molecule has 4 saturated carbocycles. The van der Waals surface area contributed by atoms with E-state index in [4.69, 9.17) is 14.2 Å². The van der Waals surface area contributed by atoms with Gasteiger partial charge in [0.2, 0.25) is 5.91 Å². The molecule has 2 bridgehead atoms. The molecule has 4 fully saturated rings. The van der Waals surface area contributed by atoms with E-state index in [0.717, 1.165) is 58.3 Å². The van der Waals surface area contributed by atoms with Crippen LogP contribution in [0.4, 0.5) is 0 Å². The summed E-state index contributed by atoms with van der Waals surface area (Å²) in [5.74, 6) is 0.804. The Kier molecular flexibility index (Phi) is 5.96. The third-order valence-electron chi connectivity index (χ3n) is 7.39. The van der Waals surface area contributed by atoms with E-state index in [1.165, 1.54) is 0 Å². The average molecular weight is 382 g/mol. The summed E-state index contributed by atoms with van der Waals surface area (Å²) >= 11 is 0. The fourth-order valence-corrected chi connectivity index (χ4v) is 5.23. The molecule has 27 heavy (non-hydrogen) atoms. The summed E-state index contributed by atoms with van der Waals surface area (Å²) in [5, 5.41) is 0. The van der Waals surface area contributed by atoms with Crippen LogP contribution in [0.1, 0.15) is 66.2 Å². The monoisotopic (exact) mass is 381 g/mol. The van der Waals surface area contributed by atoms with E-state index in [1.54, 1.807) is 7.11 Å². The second-order valence-corrected chi connectivity index (χ2v) is 10.2. The van der Waals surface area contributed by atoms with Crippen LogP contribution in [-0.4, -0.2) is 62.5 Å². The Morgan fingerprint density at radius 3 is 2.33 bits per heavy atom.